The van der Waals surface area contributed by atoms with E-state index in [9.17, 15) is 9.59 Å². The minimum atomic E-state index is -0.458. The van der Waals surface area contributed by atoms with Crippen LogP contribution in [0.3, 0.4) is 0 Å². The molecule has 3 rings (SSSR count). The van der Waals surface area contributed by atoms with E-state index in [1.807, 2.05) is 0 Å². The average Bonchev–Trinajstić information content (AvgIpc) is 2.98. The van der Waals surface area contributed by atoms with Gasteiger partial charge in [0.25, 0.3) is 11.8 Å². The number of imide groups is 1. The van der Waals surface area contributed by atoms with Crippen LogP contribution >= 0.6 is 0 Å². The lowest BCUT2D eigenvalue weighted by molar-refractivity contribution is -0.136. The van der Waals surface area contributed by atoms with Crippen molar-refractivity contribution in [2.45, 2.75) is 0 Å². The third kappa shape index (κ3) is 3.67. The molecule has 2 aromatic rings. The van der Waals surface area contributed by atoms with Crippen molar-refractivity contribution in [2.24, 2.45) is 0 Å². The summed E-state index contributed by atoms with van der Waals surface area (Å²) in [4.78, 5) is 27.3. The van der Waals surface area contributed by atoms with E-state index in [1.54, 1.807) is 49.6 Å². The topological polar surface area (TPSA) is 77.1 Å². The van der Waals surface area contributed by atoms with Crippen LogP contribution in [0.2, 0.25) is 0 Å². The first kappa shape index (κ1) is 20.0. The smallest absolute Gasteiger partial charge is 0.278 e. The lowest BCUT2D eigenvalue weighted by atomic mass is 10.0. The molecule has 0 aromatic heterocycles. The number of carbonyl (C=O) groups is 2. The fourth-order valence-corrected chi connectivity index (χ4v) is 3.13. The lowest BCUT2D eigenvalue weighted by Gasteiger charge is -2.15. The molecular weight excluding hydrogens is 372 g/mol. The number of hydrogen-bond acceptors (Lipinski definition) is 6. The predicted octanol–water partition coefficient (Wildman–Crippen LogP) is 3.09. The largest absolute Gasteiger partial charge is 0.497 e. The maximum atomic E-state index is 13.1. The van der Waals surface area contributed by atoms with Gasteiger partial charge in [-0.05, 0) is 18.2 Å². The van der Waals surface area contributed by atoms with Gasteiger partial charge in [-0.2, -0.15) is 0 Å². The van der Waals surface area contributed by atoms with Crippen LogP contribution in [0.1, 0.15) is 5.56 Å². The van der Waals surface area contributed by atoms with Crippen molar-refractivity contribution < 1.29 is 23.8 Å². The highest BCUT2D eigenvalue weighted by Crippen LogP contribution is 2.37. The van der Waals surface area contributed by atoms with Gasteiger partial charge >= 0.3 is 0 Å². The van der Waals surface area contributed by atoms with Crippen LogP contribution in [0.4, 0.5) is 5.69 Å². The fourth-order valence-electron chi connectivity index (χ4n) is 3.13. The van der Waals surface area contributed by atoms with Crippen LogP contribution in [-0.2, 0) is 9.59 Å². The van der Waals surface area contributed by atoms with E-state index in [4.69, 9.17) is 14.2 Å². The molecule has 0 unspecified atom stereocenters. The fraction of sp³-hybridized carbons (Fsp3) is 0.182. The Hall–Kier alpha value is -3.74. The zero-order valence-corrected chi connectivity index (χ0v) is 16.5. The summed E-state index contributed by atoms with van der Waals surface area (Å²) in [6, 6.07) is 12.2. The highest BCUT2D eigenvalue weighted by Gasteiger charge is 2.39. The van der Waals surface area contributed by atoms with E-state index in [0.29, 0.717) is 28.5 Å². The second kappa shape index (κ2) is 8.52. The molecule has 1 heterocycles. The number of hydrogen-bond donors (Lipinski definition) is 1. The van der Waals surface area contributed by atoms with Gasteiger partial charge in [-0.15, -0.1) is 6.58 Å². The van der Waals surface area contributed by atoms with Crippen molar-refractivity contribution in [1.29, 1.82) is 0 Å². The Bertz CT molecular complexity index is 996. The van der Waals surface area contributed by atoms with Crippen molar-refractivity contribution in [1.82, 2.24) is 4.90 Å². The van der Waals surface area contributed by atoms with Crippen LogP contribution in [0, 0.1) is 0 Å². The third-order valence-corrected chi connectivity index (χ3v) is 4.52. The number of nitrogens with one attached hydrogen (secondary N) is 1. The molecule has 150 valence electrons. The zero-order valence-electron chi connectivity index (χ0n) is 16.5. The molecule has 29 heavy (non-hydrogen) atoms. The first-order valence-electron chi connectivity index (χ1n) is 8.89. The van der Waals surface area contributed by atoms with E-state index in [1.165, 1.54) is 20.3 Å². The number of methoxy groups -OCH3 is 3. The summed E-state index contributed by atoms with van der Waals surface area (Å²) >= 11 is 0. The van der Waals surface area contributed by atoms with Gasteiger partial charge in [0.1, 0.15) is 22.9 Å². The van der Waals surface area contributed by atoms with Gasteiger partial charge in [0.05, 0.1) is 32.6 Å². The molecule has 7 heteroatoms. The van der Waals surface area contributed by atoms with E-state index in [-0.39, 0.29) is 17.8 Å². The van der Waals surface area contributed by atoms with Gasteiger partial charge in [-0.1, -0.05) is 24.3 Å². The molecule has 2 aromatic carbocycles. The van der Waals surface area contributed by atoms with Crippen molar-refractivity contribution in [3.8, 4) is 17.2 Å². The number of anilines is 1. The number of para-hydroxylation sites is 1. The van der Waals surface area contributed by atoms with Gasteiger partial charge in [0.2, 0.25) is 0 Å². The summed E-state index contributed by atoms with van der Waals surface area (Å²) in [5.74, 6) is 0.679. The van der Waals surface area contributed by atoms with Crippen LogP contribution in [-0.4, -0.2) is 44.6 Å². The highest BCUT2D eigenvalue weighted by atomic mass is 16.5. The molecule has 1 N–H and O–H groups in total. The Balaban J connectivity index is 2.18. The normalized spacial score (nSPS) is 13.6. The number of rotatable bonds is 8. The minimum Gasteiger partial charge on any atom is -0.497 e. The molecule has 0 spiro atoms. The molecule has 1 aliphatic rings. The van der Waals surface area contributed by atoms with Crippen molar-refractivity contribution in [3.05, 3.63) is 66.4 Å². The summed E-state index contributed by atoms with van der Waals surface area (Å²) in [5.41, 5.74) is 1.37. The van der Waals surface area contributed by atoms with E-state index >= 15 is 0 Å². The average molecular weight is 394 g/mol. The summed E-state index contributed by atoms with van der Waals surface area (Å²) in [6.45, 7) is 3.73. The molecule has 0 fully saturated rings. The Morgan fingerprint density at radius 1 is 0.966 bits per heavy atom. The first-order valence-corrected chi connectivity index (χ1v) is 8.89. The Kier molecular flexibility index (Phi) is 5.87. The summed E-state index contributed by atoms with van der Waals surface area (Å²) in [7, 11) is 4.58. The van der Waals surface area contributed by atoms with Crippen LogP contribution < -0.4 is 19.5 Å². The molecule has 1 aliphatic heterocycles. The Labute approximate surface area is 169 Å². The molecule has 0 bridgehead atoms. The molecule has 2 amide bonds. The second-order valence-corrected chi connectivity index (χ2v) is 6.15. The number of nitrogens with zero attached hydrogens (tertiary/aromatic N) is 1. The zero-order chi connectivity index (χ0) is 21.0. The van der Waals surface area contributed by atoms with Crippen LogP contribution in [0.15, 0.2) is 60.8 Å². The van der Waals surface area contributed by atoms with E-state index < -0.39 is 11.8 Å². The highest BCUT2D eigenvalue weighted by molar-refractivity contribution is 6.37. The lowest BCUT2D eigenvalue weighted by Crippen LogP contribution is -2.32. The molecule has 0 radical (unpaired) electrons. The molecule has 7 nitrogen and oxygen atoms in total. The number of amides is 2. The number of ether oxygens (including phenoxy) is 3. The molecular formula is C22H22N2O5. The second-order valence-electron chi connectivity index (χ2n) is 6.15. The van der Waals surface area contributed by atoms with Crippen molar-refractivity contribution in [2.75, 3.05) is 33.2 Å². The minimum absolute atomic E-state index is 0.0940. The standard InChI is InChI=1S/C22H22N2O5/c1-5-12-24-21(25)19(15-8-6-7-9-17(15)28-3)20(22(24)26)23-16-13-14(27-2)10-11-18(16)29-4/h5-11,13,23H,1,12H2,2-4H3. The quantitative estimate of drug-likeness (QED) is 0.548. The Morgan fingerprint density at radius 3 is 2.34 bits per heavy atom. The predicted molar refractivity (Wildman–Crippen MR) is 110 cm³/mol. The number of carbonyl (C=O) groups excluding carboxylic acids is 2. The maximum Gasteiger partial charge on any atom is 0.278 e. The summed E-state index contributed by atoms with van der Waals surface area (Å²) in [5, 5.41) is 3.08. The van der Waals surface area contributed by atoms with E-state index in [2.05, 4.69) is 11.9 Å². The van der Waals surface area contributed by atoms with Gasteiger partial charge in [0, 0.05) is 18.2 Å². The van der Waals surface area contributed by atoms with E-state index in [0.717, 1.165) is 4.90 Å². The molecule has 0 aliphatic carbocycles. The number of benzene rings is 2. The SMILES string of the molecule is C=CCN1C(=O)C(Nc2cc(OC)ccc2OC)=C(c2ccccc2OC)C1=O. The van der Waals surface area contributed by atoms with Crippen molar-refractivity contribution in [3.63, 3.8) is 0 Å². The molecule has 0 saturated heterocycles. The molecule has 0 atom stereocenters. The van der Waals surface area contributed by atoms with Gasteiger partial charge in [0.15, 0.2) is 0 Å². The first-order chi connectivity index (χ1) is 14.0. The summed E-state index contributed by atoms with van der Waals surface area (Å²) in [6.07, 6.45) is 1.50. The van der Waals surface area contributed by atoms with Crippen molar-refractivity contribution >= 4 is 23.1 Å². The summed E-state index contributed by atoms with van der Waals surface area (Å²) < 4.78 is 16.1. The maximum absolute atomic E-state index is 13.1. The van der Waals surface area contributed by atoms with Gasteiger partial charge in [-0.25, -0.2) is 0 Å². The Morgan fingerprint density at radius 2 is 1.69 bits per heavy atom. The van der Waals surface area contributed by atoms with Crippen LogP contribution in [0.25, 0.3) is 5.57 Å². The third-order valence-electron chi connectivity index (χ3n) is 4.52. The molecule has 0 saturated carbocycles. The monoisotopic (exact) mass is 394 g/mol. The van der Waals surface area contributed by atoms with Crippen LogP contribution in [0.5, 0.6) is 17.2 Å². The van der Waals surface area contributed by atoms with Gasteiger partial charge < -0.3 is 19.5 Å². The van der Waals surface area contributed by atoms with Gasteiger partial charge in [-0.3, -0.25) is 14.5 Å².